The number of esters is 1. The number of hydrogen-bond donors (Lipinski definition) is 1. The number of methoxy groups -OCH3 is 1. The highest BCUT2D eigenvalue weighted by Crippen LogP contribution is 2.32. The van der Waals surface area contributed by atoms with Crippen molar-refractivity contribution < 1.29 is 23.9 Å². The number of rotatable bonds is 8. The molecule has 33 heavy (non-hydrogen) atoms. The monoisotopic (exact) mass is 449 g/mol. The molecule has 1 aliphatic rings. The summed E-state index contributed by atoms with van der Waals surface area (Å²) in [4.78, 5) is 37.3. The van der Waals surface area contributed by atoms with Crippen molar-refractivity contribution in [1.29, 1.82) is 0 Å². The molecule has 2 aromatic rings. The highest BCUT2D eigenvalue weighted by molar-refractivity contribution is 5.86. The van der Waals surface area contributed by atoms with Gasteiger partial charge in [-0.1, -0.05) is 72.3 Å². The van der Waals surface area contributed by atoms with E-state index >= 15 is 0 Å². The van der Waals surface area contributed by atoms with Crippen LogP contribution in [-0.2, 0) is 32.1 Å². The van der Waals surface area contributed by atoms with E-state index in [0.717, 1.165) is 16.7 Å². The average molecular weight is 450 g/mol. The Hall–Kier alpha value is -3.41. The molecule has 6 nitrogen and oxygen atoms in total. The molecule has 0 bridgehead atoms. The molecule has 1 aliphatic carbocycles. The number of amides is 1. The quantitative estimate of drug-likeness (QED) is 0.469. The van der Waals surface area contributed by atoms with E-state index in [1.165, 1.54) is 7.11 Å². The largest absolute Gasteiger partial charge is 0.469 e. The molecule has 0 heterocycles. The third kappa shape index (κ3) is 7.31. The number of benzene rings is 2. The van der Waals surface area contributed by atoms with Crippen LogP contribution in [0.4, 0.5) is 4.79 Å². The van der Waals surface area contributed by atoms with Crippen LogP contribution < -0.4 is 5.32 Å². The van der Waals surface area contributed by atoms with Crippen molar-refractivity contribution in [3.8, 4) is 0 Å². The molecule has 2 aromatic carbocycles. The normalized spacial score (nSPS) is 19.1. The summed E-state index contributed by atoms with van der Waals surface area (Å²) in [5.74, 6) is -0.959. The van der Waals surface area contributed by atoms with Gasteiger partial charge in [-0.15, -0.1) is 0 Å². The topological polar surface area (TPSA) is 81.7 Å². The van der Waals surface area contributed by atoms with E-state index in [0.29, 0.717) is 19.3 Å². The molecule has 0 saturated carbocycles. The minimum Gasteiger partial charge on any atom is -0.469 e. The Morgan fingerprint density at radius 3 is 2.27 bits per heavy atom. The molecule has 6 heteroatoms. The van der Waals surface area contributed by atoms with Gasteiger partial charge in [-0.25, -0.2) is 4.79 Å². The Labute approximate surface area is 195 Å². The second-order valence-corrected chi connectivity index (χ2v) is 8.38. The van der Waals surface area contributed by atoms with Gasteiger partial charge in [0.25, 0.3) is 0 Å². The van der Waals surface area contributed by atoms with Crippen molar-refractivity contribution in [2.24, 2.45) is 11.8 Å². The van der Waals surface area contributed by atoms with E-state index in [4.69, 9.17) is 9.47 Å². The minimum absolute atomic E-state index is 0.0476. The van der Waals surface area contributed by atoms with Crippen LogP contribution in [0.1, 0.15) is 37.3 Å². The van der Waals surface area contributed by atoms with Crippen molar-refractivity contribution in [3.05, 3.63) is 83.4 Å². The van der Waals surface area contributed by atoms with Crippen LogP contribution in [0.5, 0.6) is 0 Å². The van der Waals surface area contributed by atoms with E-state index in [9.17, 15) is 14.4 Å². The first-order valence-corrected chi connectivity index (χ1v) is 11.3. The molecule has 1 amide bonds. The summed E-state index contributed by atoms with van der Waals surface area (Å²) < 4.78 is 10.2. The van der Waals surface area contributed by atoms with Crippen LogP contribution >= 0.6 is 0 Å². The Bertz CT molecular complexity index is 971. The van der Waals surface area contributed by atoms with Crippen LogP contribution in [0.3, 0.4) is 0 Å². The first-order chi connectivity index (χ1) is 16.0. The number of carbonyl (C=O) groups is 3. The van der Waals surface area contributed by atoms with Crippen LogP contribution in [0.15, 0.2) is 72.3 Å². The van der Waals surface area contributed by atoms with Gasteiger partial charge in [-0.2, -0.15) is 0 Å². The van der Waals surface area contributed by atoms with Crippen molar-refractivity contribution in [3.63, 3.8) is 0 Å². The van der Waals surface area contributed by atoms with Crippen molar-refractivity contribution in [2.45, 2.75) is 45.3 Å². The highest BCUT2D eigenvalue weighted by Gasteiger charge is 2.33. The van der Waals surface area contributed by atoms with Crippen molar-refractivity contribution in [2.75, 3.05) is 7.11 Å². The lowest BCUT2D eigenvalue weighted by atomic mass is 9.81. The maximum absolute atomic E-state index is 13.0. The number of alkyl carbamates (subject to hydrolysis) is 1. The van der Waals surface area contributed by atoms with Gasteiger partial charge in [0, 0.05) is 12.3 Å². The third-order valence-electron chi connectivity index (χ3n) is 6.05. The van der Waals surface area contributed by atoms with Crippen LogP contribution in [-0.4, -0.2) is 31.0 Å². The van der Waals surface area contributed by atoms with Crippen molar-refractivity contribution >= 4 is 17.8 Å². The SMILES string of the molecule is COC(=O)CC1C(=O)CCC([C@H](C)NC(=O)OCc2ccccc2)=CC1Cc1ccccc1. The number of carbonyl (C=O) groups excluding carboxylic acids is 3. The molecule has 3 rings (SSSR count). The number of ketones is 1. The first-order valence-electron chi connectivity index (χ1n) is 11.3. The van der Waals surface area contributed by atoms with Gasteiger partial charge in [-0.05, 0) is 36.8 Å². The summed E-state index contributed by atoms with van der Waals surface area (Å²) in [6, 6.07) is 19.1. The molecule has 1 N–H and O–H groups in total. The maximum atomic E-state index is 13.0. The summed E-state index contributed by atoms with van der Waals surface area (Å²) in [6.45, 7) is 2.08. The van der Waals surface area contributed by atoms with Gasteiger partial charge in [0.05, 0.1) is 19.6 Å². The predicted molar refractivity (Wildman–Crippen MR) is 125 cm³/mol. The lowest BCUT2D eigenvalue weighted by Crippen LogP contribution is -2.34. The van der Waals surface area contributed by atoms with Crippen LogP contribution in [0.2, 0.25) is 0 Å². The Balaban J connectivity index is 1.73. The van der Waals surface area contributed by atoms with E-state index in [2.05, 4.69) is 11.4 Å². The summed E-state index contributed by atoms with van der Waals surface area (Å²) in [6.07, 6.45) is 3.09. The number of hydrogen-bond acceptors (Lipinski definition) is 5. The van der Waals surface area contributed by atoms with Crippen LogP contribution in [0.25, 0.3) is 0 Å². The smallest absolute Gasteiger partial charge is 0.407 e. The van der Waals surface area contributed by atoms with E-state index in [1.54, 1.807) is 0 Å². The summed E-state index contributed by atoms with van der Waals surface area (Å²) in [5, 5.41) is 2.88. The molecule has 0 radical (unpaired) electrons. The van der Waals surface area contributed by atoms with E-state index in [1.807, 2.05) is 67.6 Å². The molecule has 0 fully saturated rings. The standard InChI is InChI=1S/C27H31NO5/c1-19(28-27(31)33-18-21-11-7-4-8-12-21)22-13-14-25(29)24(17-26(30)32-2)23(16-22)15-20-9-5-3-6-10-20/h3-12,16,19,23-24H,13-15,17-18H2,1-2H3,(H,28,31)/t19-,23?,24?/m0/s1. The summed E-state index contributed by atoms with van der Waals surface area (Å²) >= 11 is 0. The third-order valence-corrected chi connectivity index (χ3v) is 6.05. The van der Waals surface area contributed by atoms with E-state index in [-0.39, 0.29) is 36.7 Å². The summed E-state index contributed by atoms with van der Waals surface area (Å²) in [5.41, 5.74) is 2.96. The van der Waals surface area contributed by atoms with E-state index < -0.39 is 12.0 Å². The highest BCUT2D eigenvalue weighted by atomic mass is 16.5. The molecular formula is C27H31NO5. The van der Waals surface area contributed by atoms with Gasteiger partial charge in [-0.3, -0.25) is 9.59 Å². The molecular weight excluding hydrogens is 418 g/mol. The van der Waals surface area contributed by atoms with Gasteiger partial charge in [0.2, 0.25) is 0 Å². The molecule has 0 spiro atoms. The fraction of sp³-hybridized carbons (Fsp3) is 0.370. The zero-order valence-electron chi connectivity index (χ0n) is 19.2. The number of ether oxygens (including phenoxy) is 2. The second kappa shape index (κ2) is 12.0. The van der Waals surface area contributed by atoms with Gasteiger partial charge in [0.15, 0.2) is 0 Å². The zero-order chi connectivity index (χ0) is 23.6. The van der Waals surface area contributed by atoms with Gasteiger partial charge >= 0.3 is 12.1 Å². The number of nitrogens with one attached hydrogen (secondary N) is 1. The zero-order valence-corrected chi connectivity index (χ0v) is 19.2. The molecule has 0 saturated heterocycles. The second-order valence-electron chi connectivity index (χ2n) is 8.38. The number of allylic oxidation sites excluding steroid dienone is 1. The molecule has 0 aromatic heterocycles. The predicted octanol–water partition coefficient (Wildman–Crippen LogP) is 4.63. The van der Waals surface area contributed by atoms with Gasteiger partial charge in [0.1, 0.15) is 12.4 Å². The lowest BCUT2D eigenvalue weighted by molar-refractivity contribution is -0.144. The maximum Gasteiger partial charge on any atom is 0.407 e. The first kappa shape index (κ1) is 24.2. The fourth-order valence-electron chi connectivity index (χ4n) is 4.18. The molecule has 2 unspecified atom stereocenters. The molecule has 3 atom stereocenters. The Kier molecular flexibility index (Phi) is 8.81. The Morgan fingerprint density at radius 2 is 1.64 bits per heavy atom. The van der Waals surface area contributed by atoms with Gasteiger partial charge < -0.3 is 14.8 Å². The average Bonchev–Trinajstić information content (AvgIpc) is 2.98. The number of Topliss-reactive ketones (excluding diaryl/α,β-unsaturated/α-hetero) is 1. The fourth-order valence-corrected chi connectivity index (χ4v) is 4.18. The Morgan fingerprint density at radius 1 is 1.00 bits per heavy atom. The van der Waals surface area contributed by atoms with Crippen LogP contribution in [0, 0.1) is 11.8 Å². The lowest BCUT2D eigenvalue weighted by Gasteiger charge is -2.23. The summed E-state index contributed by atoms with van der Waals surface area (Å²) in [7, 11) is 1.34. The molecule has 174 valence electrons. The van der Waals surface area contributed by atoms with Crippen molar-refractivity contribution in [1.82, 2.24) is 5.32 Å². The molecule has 0 aliphatic heterocycles. The minimum atomic E-state index is -0.506.